The van der Waals surface area contributed by atoms with Crippen LogP contribution in [-0.4, -0.2) is 91.7 Å². The standard InChI is InChI=1S/C34H57N3O8S/c1-20-12-11-13-34(9)26(44-34)18-24(43-28(39)19-25(38)33(7,8)30(41)22(3)29(20)40)21(2)16-23-17-27(46-10)36-37(23)15-14-35-31(42)45-32(4,5)6/h16-17,20,22,24-26,29,31,35,38,40,42H,11-15,18-19H2,1-10H3/b21-16+/t20-,22+,24-,25-,26-,29-,31?,34+/m0/s1. The molecule has 12 heteroatoms. The Morgan fingerprint density at radius 3 is 2.57 bits per heavy atom. The van der Waals surface area contributed by atoms with Crippen LogP contribution in [0.25, 0.3) is 6.08 Å². The van der Waals surface area contributed by atoms with Gasteiger partial charge in [-0.2, -0.15) is 5.10 Å². The third kappa shape index (κ3) is 10.3. The van der Waals surface area contributed by atoms with Gasteiger partial charge in [-0.1, -0.05) is 34.1 Å². The van der Waals surface area contributed by atoms with Gasteiger partial charge >= 0.3 is 5.97 Å². The lowest BCUT2D eigenvalue weighted by Gasteiger charge is -2.34. The number of aromatic nitrogens is 2. The molecule has 2 aliphatic heterocycles. The van der Waals surface area contributed by atoms with Gasteiger partial charge in [-0.05, 0) is 77.3 Å². The largest absolute Gasteiger partial charge is 0.458 e. The summed E-state index contributed by atoms with van der Waals surface area (Å²) in [5, 5.41) is 40.7. The molecule has 2 aliphatic rings. The summed E-state index contributed by atoms with van der Waals surface area (Å²) >= 11 is 1.51. The number of nitrogens with zero attached hydrogens (tertiary/aromatic N) is 2. The first-order chi connectivity index (χ1) is 21.3. The first kappa shape index (κ1) is 38.6. The number of esters is 1. The molecule has 46 heavy (non-hydrogen) atoms. The molecule has 8 atom stereocenters. The second kappa shape index (κ2) is 15.6. The molecule has 3 heterocycles. The van der Waals surface area contributed by atoms with Gasteiger partial charge < -0.3 is 29.5 Å². The van der Waals surface area contributed by atoms with Gasteiger partial charge in [-0.3, -0.25) is 19.6 Å². The number of carbonyl (C=O) groups excluding carboxylic acids is 2. The van der Waals surface area contributed by atoms with Crippen LogP contribution in [0.5, 0.6) is 0 Å². The zero-order chi connectivity index (χ0) is 34.6. The number of ether oxygens (including phenoxy) is 3. The predicted octanol–water partition coefficient (Wildman–Crippen LogP) is 4.31. The predicted molar refractivity (Wildman–Crippen MR) is 178 cm³/mol. The number of Topliss-reactive ketones (excluding diaryl/α,β-unsaturated/α-hetero) is 1. The fourth-order valence-corrected chi connectivity index (χ4v) is 6.51. The smallest absolute Gasteiger partial charge is 0.309 e. The summed E-state index contributed by atoms with van der Waals surface area (Å²) in [6, 6.07) is 1.96. The first-order valence-corrected chi connectivity index (χ1v) is 17.7. The van der Waals surface area contributed by atoms with Crippen molar-refractivity contribution in [1.29, 1.82) is 0 Å². The van der Waals surface area contributed by atoms with E-state index in [1.807, 2.05) is 57.7 Å². The molecule has 0 bridgehead atoms. The third-order valence-electron chi connectivity index (χ3n) is 9.40. The minimum Gasteiger partial charge on any atom is -0.458 e. The molecule has 0 radical (unpaired) electrons. The number of fused-ring (bicyclic) bond motifs is 1. The van der Waals surface area contributed by atoms with E-state index >= 15 is 0 Å². The monoisotopic (exact) mass is 667 g/mol. The Bertz CT molecular complexity index is 1230. The van der Waals surface area contributed by atoms with Gasteiger partial charge in [-0.15, -0.1) is 11.8 Å². The molecule has 2 fully saturated rings. The summed E-state index contributed by atoms with van der Waals surface area (Å²) in [4.78, 5) is 26.7. The van der Waals surface area contributed by atoms with Gasteiger partial charge in [-0.25, -0.2) is 0 Å². The molecular weight excluding hydrogens is 610 g/mol. The molecule has 11 nitrogen and oxygen atoms in total. The number of hydrogen-bond acceptors (Lipinski definition) is 11. The Labute approximate surface area is 278 Å². The van der Waals surface area contributed by atoms with E-state index < -0.39 is 47.6 Å². The molecule has 0 amide bonds. The summed E-state index contributed by atoms with van der Waals surface area (Å²) in [6.45, 7) is 17.3. The minimum atomic E-state index is -1.28. The molecule has 2 saturated heterocycles. The molecule has 1 aromatic rings. The molecule has 4 N–H and O–H groups in total. The Morgan fingerprint density at radius 1 is 1.26 bits per heavy atom. The average molecular weight is 668 g/mol. The maximum absolute atomic E-state index is 13.4. The van der Waals surface area contributed by atoms with E-state index in [2.05, 4.69) is 17.3 Å². The highest BCUT2D eigenvalue weighted by Gasteiger charge is 2.53. The second-order valence-corrected chi connectivity index (χ2v) is 15.7. The van der Waals surface area contributed by atoms with Gasteiger partial charge in [0.1, 0.15) is 16.9 Å². The molecule has 1 aromatic heterocycles. The molecule has 1 unspecified atom stereocenters. The SMILES string of the molecule is CSc1cc(/C=C(\C)[C@@H]2C[C@@H]3O[C@]3(C)CCC[C@H](C)[C@H](O)[C@@H](C)C(=O)C(C)(C)[C@@H](O)CC(=O)O2)n(CCNC(O)OC(C)(C)C)n1. The molecule has 0 aliphatic carbocycles. The highest BCUT2D eigenvalue weighted by molar-refractivity contribution is 7.98. The maximum Gasteiger partial charge on any atom is 0.309 e. The van der Waals surface area contributed by atoms with Crippen LogP contribution in [0.2, 0.25) is 0 Å². The summed E-state index contributed by atoms with van der Waals surface area (Å²) < 4.78 is 19.5. The van der Waals surface area contributed by atoms with Crippen molar-refractivity contribution in [3.8, 4) is 0 Å². The number of cyclic esters (lactones) is 1. The Morgan fingerprint density at radius 2 is 1.93 bits per heavy atom. The summed E-state index contributed by atoms with van der Waals surface area (Å²) in [7, 11) is 0. The van der Waals surface area contributed by atoms with E-state index in [0.717, 1.165) is 35.6 Å². The Hall–Kier alpha value is -1.80. The number of thioether (sulfide) groups is 1. The van der Waals surface area contributed by atoms with Crippen LogP contribution in [0.15, 0.2) is 16.7 Å². The number of rotatable bonds is 8. The van der Waals surface area contributed by atoms with E-state index in [0.29, 0.717) is 19.5 Å². The zero-order valence-electron chi connectivity index (χ0n) is 29.3. The Balaban J connectivity index is 1.84. The van der Waals surface area contributed by atoms with E-state index in [9.17, 15) is 24.9 Å². The van der Waals surface area contributed by atoms with Crippen LogP contribution in [0.1, 0.15) is 100 Å². The van der Waals surface area contributed by atoms with E-state index in [1.54, 1.807) is 20.8 Å². The van der Waals surface area contributed by atoms with Crippen molar-refractivity contribution in [2.75, 3.05) is 12.8 Å². The molecule has 0 spiro atoms. The Kier molecular flexibility index (Phi) is 13.1. The fraction of sp³-hybridized carbons (Fsp3) is 0.794. The van der Waals surface area contributed by atoms with Gasteiger partial charge in [0.05, 0.1) is 53.6 Å². The van der Waals surface area contributed by atoms with Gasteiger partial charge in [0.15, 0.2) is 0 Å². The van der Waals surface area contributed by atoms with E-state index in [1.165, 1.54) is 11.8 Å². The van der Waals surface area contributed by atoms with E-state index in [-0.39, 0.29) is 29.8 Å². The van der Waals surface area contributed by atoms with Crippen molar-refractivity contribution in [2.24, 2.45) is 17.3 Å². The van der Waals surface area contributed by atoms with E-state index in [4.69, 9.17) is 14.2 Å². The maximum atomic E-state index is 13.4. The highest BCUT2D eigenvalue weighted by Crippen LogP contribution is 2.45. The van der Waals surface area contributed by atoms with Crippen molar-refractivity contribution < 1.29 is 39.1 Å². The summed E-state index contributed by atoms with van der Waals surface area (Å²) in [5.74, 6) is -1.70. The number of hydrogen-bond donors (Lipinski definition) is 4. The topological polar surface area (TPSA) is 156 Å². The third-order valence-corrected chi connectivity index (χ3v) is 10.0. The van der Waals surface area contributed by atoms with Crippen LogP contribution >= 0.6 is 11.8 Å². The molecular formula is C34H57N3O8S. The summed E-state index contributed by atoms with van der Waals surface area (Å²) in [5.41, 5.74) is -0.523. The number of nitrogens with one attached hydrogen (secondary N) is 1. The van der Waals surface area contributed by atoms with Crippen molar-refractivity contribution in [3.63, 3.8) is 0 Å². The van der Waals surface area contributed by atoms with Crippen LogP contribution in [0.3, 0.4) is 0 Å². The average Bonchev–Trinajstić information content (AvgIpc) is 3.42. The molecule has 3 rings (SSSR count). The van der Waals surface area contributed by atoms with Crippen LogP contribution in [0.4, 0.5) is 0 Å². The first-order valence-electron chi connectivity index (χ1n) is 16.4. The number of ketones is 1. The molecule has 0 saturated carbocycles. The van der Waals surface area contributed by atoms with Crippen LogP contribution in [-0.2, 0) is 30.3 Å². The lowest BCUT2D eigenvalue weighted by atomic mass is 9.73. The number of aliphatic hydroxyl groups is 3. The van der Waals surface area contributed by atoms with Crippen LogP contribution in [0, 0.1) is 17.3 Å². The lowest BCUT2D eigenvalue weighted by Crippen LogP contribution is -2.45. The van der Waals surface area contributed by atoms with Crippen molar-refractivity contribution >= 4 is 29.6 Å². The minimum absolute atomic E-state index is 0.107. The van der Waals surface area contributed by atoms with Crippen molar-refractivity contribution in [2.45, 2.75) is 148 Å². The zero-order valence-corrected chi connectivity index (χ0v) is 30.1. The van der Waals surface area contributed by atoms with Gasteiger partial charge in [0.25, 0.3) is 0 Å². The fourth-order valence-electron chi connectivity index (χ4n) is 6.09. The highest BCUT2D eigenvalue weighted by atomic mass is 32.2. The van der Waals surface area contributed by atoms with Gasteiger partial charge in [0.2, 0.25) is 6.41 Å². The summed E-state index contributed by atoms with van der Waals surface area (Å²) in [6.07, 6.45) is 2.32. The van der Waals surface area contributed by atoms with Crippen molar-refractivity contribution in [3.05, 3.63) is 17.3 Å². The lowest BCUT2D eigenvalue weighted by molar-refractivity contribution is -0.181. The number of epoxide rings is 1. The quantitative estimate of drug-likeness (QED) is 0.136. The number of carbonyl (C=O) groups is 2. The number of aliphatic hydroxyl groups excluding tert-OH is 3. The normalized spacial score (nSPS) is 32.5. The molecule has 262 valence electrons. The molecule has 0 aromatic carbocycles. The van der Waals surface area contributed by atoms with Crippen molar-refractivity contribution in [1.82, 2.24) is 15.1 Å². The van der Waals surface area contributed by atoms with Crippen LogP contribution < -0.4 is 5.32 Å². The van der Waals surface area contributed by atoms with Gasteiger partial charge in [0, 0.05) is 18.9 Å². The second-order valence-electron chi connectivity index (χ2n) is 14.8.